The number of aromatic amines is 1. The number of hydrogen-bond donors (Lipinski definition) is 1. The Labute approximate surface area is 175 Å². The first kappa shape index (κ1) is 20.5. The van der Waals surface area contributed by atoms with Crippen molar-refractivity contribution in [1.29, 1.82) is 0 Å². The molecule has 4 rings (SSSR count). The van der Waals surface area contributed by atoms with Gasteiger partial charge < -0.3 is 14.3 Å². The molecule has 2 aromatic heterocycles. The Hall–Kier alpha value is -2.76. The summed E-state index contributed by atoms with van der Waals surface area (Å²) in [4.78, 5) is 27.8. The van der Waals surface area contributed by atoms with E-state index >= 15 is 0 Å². The summed E-state index contributed by atoms with van der Waals surface area (Å²) < 4.78 is 45.5. The SMILES string of the molecule is Cc1[nH]c(=O)sc1S(=O)(=O)N1CCN(C(=O)c2ccc(-c3ccc(F)cc3)o2)CC1. The van der Waals surface area contributed by atoms with E-state index in [0.717, 1.165) is 0 Å². The lowest BCUT2D eigenvalue weighted by molar-refractivity contribution is 0.0667. The van der Waals surface area contributed by atoms with E-state index in [1.165, 1.54) is 21.3 Å². The number of aromatic nitrogens is 1. The van der Waals surface area contributed by atoms with Gasteiger partial charge in [-0.1, -0.05) is 11.3 Å². The van der Waals surface area contributed by atoms with E-state index in [9.17, 15) is 22.4 Å². The van der Waals surface area contributed by atoms with Crippen molar-refractivity contribution in [3.63, 3.8) is 0 Å². The number of benzene rings is 1. The van der Waals surface area contributed by atoms with Crippen LogP contribution in [-0.4, -0.2) is 54.7 Å². The van der Waals surface area contributed by atoms with Gasteiger partial charge in [0.15, 0.2) is 9.97 Å². The molecule has 1 aromatic carbocycles. The zero-order chi connectivity index (χ0) is 21.5. The first-order valence-corrected chi connectivity index (χ1v) is 11.4. The summed E-state index contributed by atoms with van der Waals surface area (Å²) in [5, 5.41) is 0. The van der Waals surface area contributed by atoms with Gasteiger partial charge in [0, 0.05) is 37.4 Å². The lowest BCUT2D eigenvalue weighted by Crippen LogP contribution is -2.50. The monoisotopic (exact) mass is 451 g/mol. The smallest absolute Gasteiger partial charge is 0.305 e. The number of carbonyl (C=O) groups is 1. The number of sulfonamides is 1. The average Bonchev–Trinajstić information content (AvgIpc) is 3.35. The van der Waals surface area contributed by atoms with Crippen LogP contribution in [-0.2, 0) is 10.0 Å². The molecule has 3 heterocycles. The van der Waals surface area contributed by atoms with Gasteiger partial charge >= 0.3 is 4.87 Å². The quantitative estimate of drug-likeness (QED) is 0.656. The van der Waals surface area contributed by atoms with Crippen molar-refractivity contribution >= 4 is 27.3 Å². The zero-order valence-corrected chi connectivity index (χ0v) is 17.6. The Balaban J connectivity index is 1.44. The molecule has 0 atom stereocenters. The number of aryl methyl sites for hydroxylation is 1. The van der Waals surface area contributed by atoms with Crippen LogP contribution in [0.3, 0.4) is 0 Å². The third-order valence-corrected chi connectivity index (χ3v) is 8.31. The Morgan fingerprint density at radius 3 is 2.37 bits per heavy atom. The summed E-state index contributed by atoms with van der Waals surface area (Å²) in [6.07, 6.45) is 0. The van der Waals surface area contributed by atoms with Crippen molar-refractivity contribution in [2.75, 3.05) is 26.2 Å². The van der Waals surface area contributed by atoms with E-state index < -0.39 is 14.9 Å². The van der Waals surface area contributed by atoms with Crippen molar-refractivity contribution in [2.45, 2.75) is 11.1 Å². The maximum absolute atomic E-state index is 13.1. The second-order valence-corrected chi connectivity index (χ2v) is 9.91. The molecule has 3 aromatic rings. The summed E-state index contributed by atoms with van der Waals surface area (Å²) >= 11 is 0.661. The number of amides is 1. The van der Waals surface area contributed by atoms with Gasteiger partial charge in [-0.3, -0.25) is 9.59 Å². The molecule has 0 unspecified atom stereocenters. The standard InChI is InChI=1S/C19H18FN3O5S2/c1-12-18(29-19(25)21-12)30(26,27)23-10-8-22(9-11-23)17(24)16-7-6-15(28-16)13-2-4-14(20)5-3-13/h2-7H,8-11H2,1H3,(H,21,25). The van der Waals surface area contributed by atoms with Crippen LogP contribution in [0.1, 0.15) is 16.2 Å². The molecule has 30 heavy (non-hydrogen) atoms. The lowest BCUT2D eigenvalue weighted by Gasteiger charge is -2.33. The fraction of sp³-hybridized carbons (Fsp3) is 0.263. The molecule has 1 fully saturated rings. The normalized spacial score (nSPS) is 15.5. The molecule has 1 N–H and O–H groups in total. The van der Waals surface area contributed by atoms with Gasteiger partial charge in [-0.25, -0.2) is 12.8 Å². The zero-order valence-electron chi connectivity index (χ0n) is 15.9. The van der Waals surface area contributed by atoms with Gasteiger partial charge in [0.2, 0.25) is 0 Å². The first-order chi connectivity index (χ1) is 14.3. The Kier molecular flexibility index (Phi) is 5.35. The molecule has 158 valence electrons. The van der Waals surface area contributed by atoms with Gasteiger partial charge in [0.1, 0.15) is 11.6 Å². The van der Waals surface area contributed by atoms with E-state index in [-0.39, 0.29) is 47.9 Å². The molecule has 0 spiro atoms. The summed E-state index contributed by atoms with van der Waals surface area (Å²) in [5.74, 6) is -0.137. The number of rotatable bonds is 4. The largest absolute Gasteiger partial charge is 0.451 e. The molecular weight excluding hydrogens is 433 g/mol. The van der Waals surface area contributed by atoms with Crippen LogP contribution in [0.25, 0.3) is 11.3 Å². The molecule has 0 radical (unpaired) electrons. The number of hydrogen-bond acceptors (Lipinski definition) is 6. The van der Waals surface area contributed by atoms with Crippen LogP contribution in [0, 0.1) is 12.7 Å². The highest BCUT2D eigenvalue weighted by Crippen LogP contribution is 2.25. The van der Waals surface area contributed by atoms with Gasteiger partial charge in [-0.15, -0.1) is 0 Å². The van der Waals surface area contributed by atoms with Crippen molar-refractivity contribution < 1.29 is 22.0 Å². The van der Waals surface area contributed by atoms with Crippen LogP contribution in [0.4, 0.5) is 4.39 Å². The molecular formula is C19H18FN3O5S2. The van der Waals surface area contributed by atoms with Gasteiger partial charge in [-0.05, 0) is 43.3 Å². The van der Waals surface area contributed by atoms with Crippen molar-refractivity contribution in [3.05, 3.63) is 63.3 Å². The molecule has 1 amide bonds. The van der Waals surface area contributed by atoms with Crippen molar-refractivity contribution in [1.82, 2.24) is 14.2 Å². The fourth-order valence-corrected chi connectivity index (χ4v) is 6.12. The van der Waals surface area contributed by atoms with Crippen LogP contribution >= 0.6 is 11.3 Å². The van der Waals surface area contributed by atoms with E-state index in [1.807, 2.05) is 0 Å². The minimum absolute atomic E-state index is 0.00208. The number of carbonyl (C=O) groups excluding carboxylic acids is 1. The maximum atomic E-state index is 13.1. The molecule has 0 bridgehead atoms. The lowest BCUT2D eigenvalue weighted by atomic mass is 10.2. The van der Waals surface area contributed by atoms with E-state index in [1.54, 1.807) is 31.2 Å². The average molecular weight is 452 g/mol. The second-order valence-electron chi connectivity index (χ2n) is 6.79. The number of halogens is 1. The minimum Gasteiger partial charge on any atom is -0.451 e. The second kappa shape index (κ2) is 7.82. The highest BCUT2D eigenvalue weighted by Gasteiger charge is 2.33. The van der Waals surface area contributed by atoms with E-state index in [2.05, 4.69) is 4.98 Å². The number of H-pyrrole nitrogens is 1. The number of furan rings is 1. The summed E-state index contributed by atoms with van der Waals surface area (Å²) in [5.41, 5.74) is 0.958. The molecule has 0 aliphatic carbocycles. The maximum Gasteiger partial charge on any atom is 0.305 e. The molecule has 11 heteroatoms. The van der Waals surface area contributed by atoms with Gasteiger partial charge in [-0.2, -0.15) is 4.31 Å². The van der Waals surface area contributed by atoms with E-state index in [4.69, 9.17) is 4.42 Å². The predicted molar refractivity (Wildman–Crippen MR) is 108 cm³/mol. The number of thiazole rings is 1. The Morgan fingerprint density at radius 2 is 1.77 bits per heavy atom. The van der Waals surface area contributed by atoms with Crippen LogP contribution in [0.15, 0.2) is 49.8 Å². The molecule has 1 aliphatic heterocycles. The van der Waals surface area contributed by atoms with Crippen molar-refractivity contribution in [3.8, 4) is 11.3 Å². The molecule has 8 nitrogen and oxygen atoms in total. The number of nitrogens with zero attached hydrogens (tertiary/aromatic N) is 2. The van der Waals surface area contributed by atoms with Crippen LogP contribution < -0.4 is 4.87 Å². The molecule has 1 aliphatic rings. The van der Waals surface area contributed by atoms with Crippen molar-refractivity contribution in [2.24, 2.45) is 0 Å². The number of nitrogens with one attached hydrogen (secondary N) is 1. The first-order valence-electron chi connectivity index (χ1n) is 9.10. The van der Waals surface area contributed by atoms with Crippen LogP contribution in [0.5, 0.6) is 0 Å². The van der Waals surface area contributed by atoms with E-state index in [0.29, 0.717) is 28.4 Å². The number of piperazine rings is 1. The minimum atomic E-state index is -3.79. The summed E-state index contributed by atoms with van der Waals surface area (Å²) in [7, 11) is -3.79. The molecule has 1 saturated heterocycles. The Bertz CT molecular complexity index is 1240. The third kappa shape index (κ3) is 3.83. The molecule has 0 saturated carbocycles. The fourth-order valence-electron chi connectivity index (χ4n) is 3.26. The summed E-state index contributed by atoms with van der Waals surface area (Å²) in [6, 6.07) is 8.92. The van der Waals surface area contributed by atoms with Gasteiger partial charge in [0.25, 0.3) is 15.9 Å². The highest BCUT2D eigenvalue weighted by molar-refractivity contribution is 7.91. The van der Waals surface area contributed by atoms with Crippen LogP contribution in [0.2, 0.25) is 0 Å². The topological polar surface area (TPSA) is 104 Å². The Morgan fingerprint density at radius 1 is 1.10 bits per heavy atom. The summed E-state index contributed by atoms with van der Waals surface area (Å²) in [6.45, 7) is 2.17. The predicted octanol–water partition coefficient (Wildman–Crippen LogP) is 2.29. The third-order valence-electron chi connectivity index (χ3n) is 4.83. The van der Waals surface area contributed by atoms with Gasteiger partial charge in [0.05, 0.1) is 0 Å². The highest BCUT2D eigenvalue weighted by atomic mass is 32.2.